The summed E-state index contributed by atoms with van der Waals surface area (Å²) in [6.07, 6.45) is 0.505. The predicted molar refractivity (Wildman–Crippen MR) is 52.7 cm³/mol. The quantitative estimate of drug-likeness (QED) is 0.733. The van der Waals surface area contributed by atoms with Gasteiger partial charge in [-0.25, -0.2) is 4.79 Å². The average molecular weight is 206 g/mol. The summed E-state index contributed by atoms with van der Waals surface area (Å²) in [6, 6.07) is 4.86. The van der Waals surface area contributed by atoms with Crippen molar-refractivity contribution in [2.75, 3.05) is 6.54 Å². The summed E-state index contributed by atoms with van der Waals surface area (Å²) >= 11 is 0. The Morgan fingerprint density at radius 2 is 2.27 bits per heavy atom. The number of nitrogens with zero attached hydrogens (tertiary/aromatic N) is 3. The number of carboxylic acid groups (broad SMARTS) is 1. The van der Waals surface area contributed by atoms with Gasteiger partial charge in [-0.15, -0.1) is 10.2 Å². The Labute approximate surface area is 85.3 Å². The van der Waals surface area contributed by atoms with E-state index < -0.39 is 5.97 Å². The van der Waals surface area contributed by atoms with Crippen molar-refractivity contribution >= 4 is 11.6 Å². The first-order valence-corrected chi connectivity index (χ1v) is 4.50. The molecular weight excluding hydrogens is 196 g/mol. The zero-order chi connectivity index (χ0) is 10.8. The van der Waals surface area contributed by atoms with Crippen LogP contribution < -0.4 is 5.73 Å². The highest BCUT2D eigenvalue weighted by Crippen LogP contribution is 2.08. The Morgan fingerprint density at radius 1 is 1.47 bits per heavy atom. The maximum atomic E-state index is 11.0. The molecule has 15 heavy (non-hydrogen) atoms. The van der Waals surface area contributed by atoms with Crippen molar-refractivity contribution in [3.05, 3.63) is 29.7 Å². The number of rotatable bonds is 3. The lowest BCUT2D eigenvalue weighted by molar-refractivity contribution is 0.0688. The zero-order valence-corrected chi connectivity index (χ0v) is 7.92. The molecule has 6 heteroatoms. The molecule has 0 amide bonds. The minimum absolute atomic E-state index is 0.154. The van der Waals surface area contributed by atoms with E-state index in [1.807, 2.05) is 0 Å². The largest absolute Gasteiger partial charge is 0.477 e. The molecule has 0 bridgehead atoms. The smallest absolute Gasteiger partial charge is 0.352 e. The fourth-order valence-electron chi connectivity index (χ4n) is 1.46. The van der Waals surface area contributed by atoms with Crippen molar-refractivity contribution in [1.29, 1.82) is 0 Å². The van der Waals surface area contributed by atoms with Crippen LogP contribution in [0.15, 0.2) is 18.2 Å². The Morgan fingerprint density at radius 3 is 2.93 bits per heavy atom. The van der Waals surface area contributed by atoms with Crippen LogP contribution in [-0.4, -0.2) is 32.2 Å². The molecule has 2 aromatic heterocycles. The van der Waals surface area contributed by atoms with Crippen molar-refractivity contribution in [1.82, 2.24) is 14.6 Å². The van der Waals surface area contributed by atoms with Crippen LogP contribution in [0.25, 0.3) is 5.65 Å². The number of hydrogen-bond donors (Lipinski definition) is 2. The van der Waals surface area contributed by atoms with E-state index in [0.29, 0.717) is 24.4 Å². The van der Waals surface area contributed by atoms with Gasteiger partial charge in [0.15, 0.2) is 5.65 Å². The monoisotopic (exact) mass is 206 g/mol. The molecule has 0 radical (unpaired) electrons. The van der Waals surface area contributed by atoms with Gasteiger partial charge >= 0.3 is 5.97 Å². The van der Waals surface area contributed by atoms with Crippen LogP contribution in [-0.2, 0) is 6.42 Å². The Balaban J connectivity index is 2.69. The van der Waals surface area contributed by atoms with E-state index in [0.717, 1.165) is 0 Å². The summed E-state index contributed by atoms with van der Waals surface area (Å²) in [6.45, 7) is 0.411. The maximum absolute atomic E-state index is 11.0. The van der Waals surface area contributed by atoms with Gasteiger partial charge in [-0.3, -0.25) is 4.40 Å². The standard InChI is InChI=1S/C9H10N4O2/c10-5-4-8-12-11-7-3-1-2-6(9(14)15)13(7)8/h1-3H,4-5,10H2,(H,14,15). The fraction of sp³-hybridized carbons (Fsp3) is 0.222. The molecule has 78 valence electrons. The van der Waals surface area contributed by atoms with Crippen LogP contribution in [0.1, 0.15) is 16.3 Å². The highest BCUT2D eigenvalue weighted by Gasteiger charge is 2.12. The molecule has 0 spiro atoms. The minimum Gasteiger partial charge on any atom is -0.477 e. The van der Waals surface area contributed by atoms with Gasteiger partial charge in [0.1, 0.15) is 11.5 Å². The van der Waals surface area contributed by atoms with E-state index in [2.05, 4.69) is 10.2 Å². The Kier molecular flexibility index (Phi) is 2.34. The van der Waals surface area contributed by atoms with E-state index >= 15 is 0 Å². The summed E-state index contributed by atoms with van der Waals surface area (Å²) in [5, 5.41) is 16.8. The summed E-state index contributed by atoms with van der Waals surface area (Å²) in [5.41, 5.74) is 6.09. The van der Waals surface area contributed by atoms with Gasteiger partial charge in [0.25, 0.3) is 0 Å². The number of pyridine rings is 1. The van der Waals surface area contributed by atoms with Gasteiger partial charge in [-0.05, 0) is 18.7 Å². The number of nitrogens with two attached hydrogens (primary N) is 1. The summed E-state index contributed by atoms with van der Waals surface area (Å²) < 4.78 is 1.51. The lowest BCUT2D eigenvalue weighted by Crippen LogP contribution is -2.11. The van der Waals surface area contributed by atoms with Crippen LogP contribution in [0.3, 0.4) is 0 Å². The molecule has 0 aliphatic rings. The normalized spacial score (nSPS) is 10.7. The van der Waals surface area contributed by atoms with Gasteiger partial charge in [-0.2, -0.15) is 0 Å². The average Bonchev–Trinajstić information content (AvgIpc) is 2.62. The van der Waals surface area contributed by atoms with Gasteiger partial charge in [0.05, 0.1) is 0 Å². The first-order valence-electron chi connectivity index (χ1n) is 4.50. The van der Waals surface area contributed by atoms with Crippen molar-refractivity contribution in [2.45, 2.75) is 6.42 Å². The Hall–Kier alpha value is -1.95. The highest BCUT2D eigenvalue weighted by molar-refractivity contribution is 5.86. The molecule has 0 aliphatic heterocycles. The van der Waals surface area contributed by atoms with Gasteiger partial charge < -0.3 is 10.8 Å². The van der Waals surface area contributed by atoms with Crippen molar-refractivity contribution < 1.29 is 9.90 Å². The fourth-order valence-corrected chi connectivity index (χ4v) is 1.46. The maximum Gasteiger partial charge on any atom is 0.352 e. The molecule has 2 rings (SSSR count). The first-order chi connectivity index (χ1) is 7.24. The number of aromatic carboxylic acids is 1. The number of fused-ring (bicyclic) bond motifs is 1. The van der Waals surface area contributed by atoms with Crippen LogP contribution >= 0.6 is 0 Å². The highest BCUT2D eigenvalue weighted by atomic mass is 16.4. The third-order valence-electron chi connectivity index (χ3n) is 2.08. The van der Waals surface area contributed by atoms with E-state index in [1.165, 1.54) is 10.5 Å². The molecular formula is C9H10N4O2. The molecule has 2 heterocycles. The molecule has 6 nitrogen and oxygen atoms in total. The second kappa shape index (κ2) is 3.66. The lowest BCUT2D eigenvalue weighted by Gasteiger charge is -2.02. The lowest BCUT2D eigenvalue weighted by atomic mass is 10.3. The summed E-state index contributed by atoms with van der Waals surface area (Å²) in [4.78, 5) is 11.0. The molecule has 2 aromatic rings. The van der Waals surface area contributed by atoms with Crippen molar-refractivity contribution in [2.24, 2.45) is 5.73 Å². The number of carboxylic acids is 1. The number of hydrogen-bond acceptors (Lipinski definition) is 4. The topological polar surface area (TPSA) is 93.5 Å². The Bertz CT molecular complexity index is 506. The number of carbonyl (C=O) groups is 1. The molecule has 0 unspecified atom stereocenters. The van der Waals surface area contributed by atoms with Crippen LogP contribution in [0.5, 0.6) is 0 Å². The van der Waals surface area contributed by atoms with Gasteiger partial charge in [0, 0.05) is 6.42 Å². The van der Waals surface area contributed by atoms with Crippen LogP contribution in [0.2, 0.25) is 0 Å². The minimum atomic E-state index is -1.00. The van der Waals surface area contributed by atoms with E-state index in [1.54, 1.807) is 12.1 Å². The van der Waals surface area contributed by atoms with E-state index in [-0.39, 0.29) is 5.69 Å². The van der Waals surface area contributed by atoms with Crippen LogP contribution in [0.4, 0.5) is 0 Å². The third kappa shape index (κ3) is 1.55. The molecule has 3 N–H and O–H groups in total. The molecule has 0 saturated carbocycles. The van der Waals surface area contributed by atoms with Crippen molar-refractivity contribution in [3.8, 4) is 0 Å². The predicted octanol–water partition coefficient (Wildman–Crippen LogP) is -0.0713. The third-order valence-corrected chi connectivity index (χ3v) is 2.08. The van der Waals surface area contributed by atoms with Crippen molar-refractivity contribution in [3.63, 3.8) is 0 Å². The first kappa shape index (κ1) is 9.60. The SMILES string of the molecule is NCCc1nnc2cccc(C(=O)O)n12. The second-order valence-electron chi connectivity index (χ2n) is 3.06. The molecule has 0 aromatic carbocycles. The van der Waals surface area contributed by atoms with E-state index in [4.69, 9.17) is 10.8 Å². The summed E-state index contributed by atoms with van der Waals surface area (Å²) in [5.74, 6) is -0.427. The second-order valence-corrected chi connectivity index (χ2v) is 3.06. The van der Waals surface area contributed by atoms with E-state index in [9.17, 15) is 4.79 Å². The summed E-state index contributed by atoms with van der Waals surface area (Å²) in [7, 11) is 0. The molecule has 0 atom stereocenters. The van der Waals surface area contributed by atoms with Gasteiger partial charge in [-0.1, -0.05) is 6.07 Å². The molecule has 0 fully saturated rings. The number of aromatic nitrogens is 3. The van der Waals surface area contributed by atoms with Gasteiger partial charge in [0.2, 0.25) is 0 Å². The van der Waals surface area contributed by atoms with Crippen LogP contribution in [0, 0.1) is 0 Å². The molecule has 0 aliphatic carbocycles. The zero-order valence-electron chi connectivity index (χ0n) is 7.92. The molecule has 0 saturated heterocycles.